The molecule has 4 nitrogen and oxygen atoms in total. The van der Waals surface area contributed by atoms with Crippen molar-refractivity contribution in [2.75, 3.05) is 6.61 Å². The Bertz CT molecular complexity index is 554. The molecule has 1 saturated heterocycles. The van der Waals surface area contributed by atoms with Crippen molar-refractivity contribution < 1.29 is 18.3 Å². The van der Waals surface area contributed by atoms with E-state index in [1.807, 2.05) is 6.07 Å². The molecular formula is C18H24F2N2O2. The first-order valence-corrected chi connectivity index (χ1v) is 8.65. The molecule has 0 bridgehead atoms. The molecule has 1 aromatic carbocycles. The largest absolute Gasteiger partial charge is 0.488 e. The number of nitrogens with one attached hydrogen (secondary N) is 2. The van der Waals surface area contributed by atoms with Gasteiger partial charge in [0.05, 0.1) is 6.04 Å². The maximum atomic E-state index is 12.4. The van der Waals surface area contributed by atoms with Crippen molar-refractivity contribution in [3.8, 4) is 5.75 Å². The van der Waals surface area contributed by atoms with E-state index < -0.39 is 13.0 Å². The molecule has 6 heteroatoms. The van der Waals surface area contributed by atoms with Crippen molar-refractivity contribution in [3.63, 3.8) is 0 Å². The summed E-state index contributed by atoms with van der Waals surface area (Å²) >= 11 is 0. The van der Waals surface area contributed by atoms with Gasteiger partial charge in [-0.05, 0) is 42.9 Å². The molecule has 132 valence electrons. The Balaban J connectivity index is 1.48. The monoisotopic (exact) mass is 338 g/mol. The fraction of sp³-hybridized carbons (Fsp3) is 0.611. The van der Waals surface area contributed by atoms with Gasteiger partial charge in [0.2, 0.25) is 5.91 Å². The summed E-state index contributed by atoms with van der Waals surface area (Å²) in [5.74, 6) is 1.04. The zero-order valence-electron chi connectivity index (χ0n) is 13.6. The second-order valence-electron chi connectivity index (χ2n) is 6.67. The second kappa shape index (κ2) is 7.92. The lowest BCUT2D eigenvalue weighted by atomic mass is 9.85. The third-order valence-corrected chi connectivity index (χ3v) is 4.92. The van der Waals surface area contributed by atoms with Crippen molar-refractivity contribution in [2.24, 2.45) is 5.92 Å². The lowest BCUT2D eigenvalue weighted by Gasteiger charge is -2.24. The van der Waals surface area contributed by atoms with Gasteiger partial charge in [-0.3, -0.25) is 4.79 Å². The summed E-state index contributed by atoms with van der Waals surface area (Å²) < 4.78 is 29.4. The third kappa shape index (κ3) is 4.44. The van der Waals surface area contributed by atoms with Crippen LogP contribution < -0.4 is 15.4 Å². The fourth-order valence-corrected chi connectivity index (χ4v) is 3.74. The molecule has 2 N–H and O–H groups in total. The maximum absolute atomic E-state index is 12.4. The minimum atomic E-state index is -2.50. The standard InChI is InChI=1S/C18H24F2N2O2/c19-17(20)11-24-14-6-3-4-12(8-14)10-21-18(23)16-9-13-5-1-2-7-15(13)22-16/h3-4,6,8,13,15-17,22H,1-2,5,7,9-11H2,(H,21,23). The van der Waals surface area contributed by atoms with E-state index in [4.69, 9.17) is 4.74 Å². The van der Waals surface area contributed by atoms with Crippen LogP contribution in [0.4, 0.5) is 8.78 Å². The molecule has 0 aromatic heterocycles. The molecule has 1 heterocycles. The van der Waals surface area contributed by atoms with E-state index in [0.29, 0.717) is 24.3 Å². The lowest BCUT2D eigenvalue weighted by Crippen LogP contribution is -2.42. The van der Waals surface area contributed by atoms with E-state index in [2.05, 4.69) is 10.6 Å². The van der Waals surface area contributed by atoms with E-state index in [1.165, 1.54) is 19.3 Å². The van der Waals surface area contributed by atoms with Crippen LogP contribution in [0.25, 0.3) is 0 Å². The Kier molecular flexibility index (Phi) is 5.66. The Morgan fingerprint density at radius 1 is 1.33 bits per heavy atom. The van der Waals surface area contributed by atoms with Gasteiger partial charge in [0.1, 0.15) is 12.4 Å². The number of alkyl halides is 2. The number of amides is 1. The van der Waals surface area contributed by atoms with Crippen LogP contribution in [-0.4, -0.2) is 31.0 Å². The van der Waals surface area contributed by atoms with Crippen LogP contribution in [0.5, 0.6) is 5.75 Å². The molecular weight excluding hydrogens is 314 g/mol. The van der Waals surface area contributed by atoms with Crippen LogP contribution in [-0.2, 0) is 11.3 Å². The molecule has 3 atom stereocenters. The van der Waals surface area contributed by atoms with E-state index >= 15 is 0 Å². The van der Waals surface area contributed by atoms with Crippen molar-refractivity contribution in [1.82, 2.24) is 10.6 Å². The zero-order valence-corrected chi connectivity index (χ0v) is 13.6. The first-order valence-electron chi connectivity index (χ1n) is 8.65. The number of carbonyl (C=O) groups excluding carboxylic acids is 1. The first-order chi connectivity index (χ1) is 11.6. The van der Waals surface area contributed by atoms with Gasteiger partial charge in [0.25, 0.3) is 6.43 Å². The molecule has 1 saturated carbocycles. The average Bonchev–Trinajstić information content (AvgIpc) is 3.02. The minimum absolute atomic E-state index is 0.0169. The van der Waals surface area contributed by atoms with E-state index in [0.717, 1.165) is 18.4 Å². The topological polar surface area (TPSA) is 50.4 Å². The van der Waals surface area contributed by atoms with E-state index in [1.54, 1.807) is 18.2 Å². The predicted molar refractivity (Wildman–Crippen MR) is 87.1 cm³/mol. The Morgan fingerprint density at radius 2 is 2.17 bits per heavy atom. The van der Waals surface area contributed by atoms with Gasteiger partial charge in [-0.1, -0.05) is 25.0 Å². The molecule has 2 fully saturated rings. The van der Waals surface area contributed by atoms with Crippen molar-refractivity contribution in [3.05, 3.63) is 29.8 Å². The maximum Gasteiger partial charge on any atom is 0.272 e. The van der Waals surface area contributed by atoms with Crippen molar-refractivity contribution in [1.29, 1.82) is 0 Å². The van der Waals surface area contributed by atoms with E-state index in [9.17, 15) is 13.6 Å². The van der Waals surface area contributed by atoms with Gasteiger partial charge in [0.15, 0.2) is 0 Å². The van der Waals surface area contributed by atoms with Crippen LogP contribution in [0.15, 0.2) is 24.3 Å². The number of rotatable bonds is 6. The summed E-state index contributed by atoms with van der Waals surface area (Å²) in [4.78, 5) is 12.4. The van der Waals surface area contributed by atoms with Gasteiger partial charge < -0.3 is 15.4 Å². The molecule has 24 heavy (non-hydrogen) atoms. The fourth-order valence-electron chi connectivity index (χ4n) is 3.74. The third-order valence-electron chi connectivity index (χ3n) is 4.92. The number of carbonyl (C=O) groups is 1. The Morgan fingerprint density at radius 3 is 2.96 bits per heavy atom. The Hall–Kier alpha value is -1.69. The molecule has 1 aliphatic heterocycles. The lowest BCUT2D eigenvalue weighted by molar-refractivity contribution is -0.123. The van der Waals surface area contributed by atoms with Crippen LogP contribution >= 0.6 is 0 Å². The normalized spacial score (nSPS) is 26.2. The second-order valence-corrected chi connectivity index (χ2v) is 6.67. The van der Waals surface area contributed by atoms with Gasteiger partial charge >= 0.3 is 0 Å². The number of benzene rings is 1. The highest BCUT2D eigenvalue weighted by Gasteiger charge is 2.37. The van der Waals surface area contributed by atoms with Crippen molar-refractivity contribution >= 4 is 5.91 Å². The number of halogens is 2. The average molecular weight is 338 g/mol. The highest BCUT2D eigenvalue weighted by molar-refractivity contribution is 5.82. The molecule has 3 unspecified atom stereocenters. The van der Waals surface area contributed by atoms with Crippen LogP contribution in [0.3, 0.4) is 0 Å². The summed E-state index contributed by atoms with van der Waals surface area (Å²) in [7, 11) is 0. The number of hydrogen-bond acceptors (Lipinski definition) is 3. The summed E-state index contributed by atoms with van der Waals surface area (Å²) in [6.07, 6.45) is 3.30. The molecule has 1 amide bonds. The SMILES string of the molecule is O=C(NCc1cccc(OCC(F)F)c1)C1CC2CCCCC2N1. The molecule has 3 rings (SSSR count). The van der Waals surface area contributed by atoms with Gasteiger partial charge in [-0.2, -0.15) is 0 Å². The van der Waals surface area contributed by atoms with Crippen LogP contribution in [0.1, 0.15) is 37.7 Å². The molecule has 0 radical (unpaired) electrons. The highest BCUT2D eigenvalue weighted by Crippen LogP contribution is 2.33. The van der Waals surface area contributed by atoms with Gasteiger partial charge in [0, 0.05) is 12.6 Å². The smallest absolute Gasteiger partial charge is 0.272 e. The minimum Gasteiger partial charge on any atom is -0.488 e. The van der Waals surface area contributed by atoms with Crippen LogP contribution in [0.2, 0.25) is 0 Å². The number of ether oxygens (including phenoxy) is 1. The number of hydrogen-bond donors (Lipinski definition) is 2. The van der Waals surface area contributed by atoms with Crippen LogP contribution in [0, 0.1) is 5.92 Å². The summed E-state index contributed by atoms with van der Waals surface area (Å²) in [6, 6.07) is 7.28. The highest BCUT2D eigenvalue weighted by atomic mass is 19.3. The molecule has 2 aliphatic rings. The number of fused-ring (bicyclic) bond motifs is 1. The van der Waals surface area contributed by atoms with Crippen molar-refractivity contribution in [2.45, 2.75) is 57.2 Å². The molecule has 0 spiro atoms. The Labute approximate surface area is 141 Å². The summed E-state index contributed by atoms with van der Waals surface area (Å²) in [5, 5.41) is 6.39. The van der Waals surface area contributed by atoms with E-state index in [-0.39, 0.29) is 11.9 Å². The van der Waals surface area contributed by atoms with Gasteiger partial charge in [-0.15, -0.1) is 0 Å². The molecule has 1 aliphatic carbocycles. The van der Waals surface area contributed by atoms with Gasteiger partial charge in [-0.25, -0.2) is 8.78 Å². The summed E-state index contributed by atoms with van der Waals surface area (Å²) in [6.45, 7) is -0.247. The summed E-state index contributed by atoms with van der Waals surface area (Å²) in [5.41, 5.74) is 0.838. The predicted octanol–water partition coefficient (Wildman–Crippen LogP) is 2.87. The zero-order chi connectivity index (χ0) is 16.9. The quantitative estimate of drug-likeness (QED) is 0.839. The molecule has 1 aromatic rings. The first kappa shape index (κ1) is 17.1.